The molecule has 1 aliphatic heterocycles. The van der Waals surface area contributed by atoms with Gasteiger partial charge in [-0.25, -0.2) is 14.6 Å². The minimum atomic E-state index is 0.635. The number of hydrogen-bond donors (Lipinski definition) is 0. The number of nitrogens with zero attached hydrogens (tertiary/aromatic N) is 6. The van der Waals surface area contributed by atoms with Gasteiger partial charge in [0.05, 0.1) is 5.69 Å². The molecule has 0 bridgehead atoms. The van der Waals surface area contributed by atoms with Crippen LogP contribution in [0.1, 0.15) is 30.2 Å². The maximum Gasteiger partial charge on any atom is 0.147 e. The van der Waals surface area contributed by atoms with Gasteiger partial charge in [-0.15, -0.1) is 0 Å². The van der Waals surface area contributed by atoms with Crippen LogP contribution in [0.15, 0.2) is 30.6 Å². The Bertz CT molecular complexity index is 800. The molecule has 1 saturated heterocycles. The van der Waals surface area contributed by atoms with Crippen LogP contribution >= 0.6 is 0 Å². The summed E-state index contributed by atoms with van der Waals surface area (Å²) in [5.41, 5.74) is 2.17. The predicted molar refractivity (Wildman–Crippen MR) is 92.7 cm³/mol. The van der Waals surface area contributed by atoms with E-state index in [1.54, 1.807) is 0 Å². The van der Waals surface area contributed by atoms with Crippen LogP contribution in [0.4, 0.5) is 0 Å². The number of aromatic nitrogens is 5. The van der Waals surface area contributed by atoms with E-state index in [1.807, 2.05) is 26.0 Å². The van der Waals surface area contributed by atoms with E-state index in [0.29, 0.717) is 5.92 Å². The fraction of sp³-hybridized carbons (Fsp3) is 0.500. The number of hydrogen-bond acceptors (Lipinski definition) is 4. The van der Waals surface area contributed by atoms with E-state index in [0.717, 1.165) is 49.2 Å². The molecule has 1 atom stereocenters. The lowest BCUT2D eigenvalue weighted by Gasteiger charge is -2.32. The zero-order chi connectivity index (χ0) is 16.5. The van der Waals surface area contributed by atoms with Gasteiger partial charge in [-0.3, -0.25) is 4.90 Å². The SMILES string of the molecule is Cc1nc(C)n(CC2CCCN(Cc3cn4ccccc4n3)C2)n1. The van der Waals surface area contributed by atoms with Crippen molar-refractivity contribution in [3.05, 3.63) is 47.9 Å². The average molecular weight is 324 g/mol. The van der Waals surface area contributed by atoms with Gasteiger partial charge < -0.3 is 4.40 Å². The van der Waals surface area contributed by atoms with Crippen LogP contribution in [0, 0.1) is 19.8 Å². The topological polar surface area (TPSA) is 51.2 Å². The van der Waals surface area contributed by atoms with Crippen LogP contribution in [0.5, 0.6) is 0 Å². The molecule has 24 heavy (non-hydrogen) atoms. The third kappa shape index (κ3) is 3.19. The molecule has 4 heterocycles. The number of piperidine rings is 1. The summed E-state index contributed by atoms with van der Waals surface area (Å²) >= 11 is 0. The molecule has 4 rings (SSSR count). The molecule has 3 aromatic rings. The van der Waals surface area contributed by atoms with Crippen LogP contribution in [-0.2, 0) is 13.1 Å². The Morgan fingerprint density at radius 1 is 1.21 bits per heavy atom. The second-order valence-electron chi connectivity index (χ2n) is 6.83. The summed E-state index contributed by atoms with van der Waals surface area (Å²) in [7, 11) is 0. The summed E-state index contributed by atoms with van der Waals surface area (Å²) in [5.74, 6) is 2.52. The van der Waals surface area contributed by atoms with Crippen LogP contribution in [-0.4, -0.2) is 42.1 Å². The van der Waals surface area contributed by atoms with Crippen molar-refractivity contribution < 1.29 is 0 Å². The maximum absolute atomic E-state index is 4.73. The highest BCUT2D eigenvalue weighted by Gasteiger charge is 2.22. The second-order valence-corrected chi connectivity index (χ2v) is 6.83. The van der Waals surface area contributed by atoms with Gasteiger partial charge in [-0.1, -0.05) is 6.07 Å². The largest absolute Gasteiger partial charge is 0.307 e. The van der Waals surface area contributed by atoms with Crippen molar-refractivity contribution in [2.75, 3.05) is 13.1 Å². The summed E-state index contributed by atoms with van der Waals surface area (Å²) in [6.07, 6.45) is 6.70. The second kappa shape index (κ2) is 6.36. The molecule has 0 spiro atoms. The Morgan fingerprint density at radius 3 is 2.92 bits per heavy atom. The molecule has 126 valence electrons. The lowest BCUT2D eigenvalue weighted by Crippen LogP contribution is -2.37. The zero-order valence-electron chi connectivity index (χ0n) is 14.4. The highest BCUT2D eigenvalue weighted by Crippen LogP contribution is 2.20. The zero-order valence-corrected chi connectivity index (χ0v) is 14.4. The average Bonchev–Trinajstić information content (AvgIpc) is 3.10. The van der Waals surface area contributed by atoms with Crippen LogP contribution < -0.4 is 0 Å². The van der Waals surface area contributed by atoms with Crippen LogP contribution in [0.3, 0.4) is 0 Å². The Hall–Kier alpha value is -2.21. The number of likely N-dealkylation sites (tertiary alicyclic amines) is 1. The molecule has 0 radical (unpaired) electrons. The van der Waals surface area contributed by atoms with Gasteiger partial charge in [0.2, 0.25) is 0 Å². The molecule has 3 aromatic heterocycles. The minimum absolute atomic E-state index is 0.635. The molecule has 6 nitrogen and oxygen atoms in total. The number of pyridine rings is 1. The minimum Gasteiger partial charge on any atom is -0.307 e. The lowest BCUT2D eigenvalue weighted by molar-refractivity contribution is 0.151. The van der Waals surface area contributed by atoms with E-state index in [1.165, 1.54) is 12.8 Å². The fourth-order valence-electron chi connectivity index (χ4n) is 3.72. The van der Waals surface area contributed by atoms with E-state index >= 15 is 0 Å². The standard InChI is InChI=1S/C18H24N6/c1-14-19-15(2)24(21-14)11-16-6-5-8-22(10-16)12-17-13-23-9-4-3-7-18(23)20-17/h3-4,7,9,13,16H,5-6,8,10-12H2,1-2H3. The molecule has 0 aliphatic carbocycles. The number of fused-ring (bicyclic) bond motifs is 1. The summed E-state index contributed by atoms with van der Waals surface area (Å²) < 4.78 is 4.16. The maximum atomic E-state index is 4.73. The van der Waals surface area contributed by atoms with E-state index in [4.69, 9.17) is 4.98 Å². The first-order chi connectivity index (χ1) is 11.7. The van der Waals surface area contributed by atoms with Crippen molar-refractivity contribution in [1.82, 2.24) is 29.0 Å². The molecule has 0 aromatic carbocycles. The van der Waals surface area contributed by atoms with Crippen LogP contribution in [0.25, 0.3) is 5.65 Å². The first-order valence-corrected chi connectivity index (χ1v) is 8.70. The molecule has 1 unspecified atom stereocenters. The highest BCUT2D eigenvalue weighted by atomic mass is 15.3. The van der Waals surface area contributed by atoms with Crippen molar-refractivity contribution in [1.29, 1.82) is 0 Å². The first kappa shape index (κ1) is 15.3. The normalized spacial score (nSPS) is 19.2. The van der Waals surface area contributed by atoms with Gasteiger partial charge in [0.25, 0.3) is 0 Å². The molecule has 0 amide bonds. The van der Waals surface area contributed by atoms with Crippen molar-refractivity contribution in [2.45, 2.75) is 39.8 Å². The molecule has 0 N–H and O–H groups in total. The Labute approximate surface area is 142 Å². The van der Waals surface area contributed by atoms with Crippen molar-refractivity contribution in [2.24, 2.45) is 5.92 Å². The molecule has 1 aliphatic rings. The van der Waals surface area contributed by atoms with E-state index < -0.39 is 0 Å². The first-order valence-electron chi connectivity index (χ1n) is 8.70. The summed E-state index contributed by atoms with van der Waals surface area (Å²) in [4.78, 5) is 11.7. The van der Waals surface area contributed by atoms with Crippen molar-refractivity contribution in [3.8, 4) is 0 Å². The lowest BCUT2D eigenvalue weighted by atomic mass is 9.98. The van der Waals surface area contributed by atoms with Crippen molar-refractivity contribution in [3.63, 3.8) is 0 Å². The van der Waals surface area contributed by atoms with E-state index in [-0.39, 0.29) is 0 Å². The fourth-order valence-corrected chi connectivity index (χ4v) is 3.72. The van der Waals surface area contributed by atoms with Gasteiger partial charge in [-0.2, -0.15) is 5.10 Å². The van der Waals surface area contributed by atoms with Gasteiger partial charge in [0.15, 0.2) is 0 Å². The molecule has 1 fully saturated rings. The quantitative estimate of drug-likeness (QED) is 0.740. The Morgan fingerprint density at radius 2 is 2.12 bits per heavy atom. The summed E-state index contributed by atoms with van der Waals surface area (Å²) in [5, 5.41) is 4.51. The van der Waals surface area contributed by atoms with Gasteiger partial charge in [0, 0.05) is 32.0 Å². The molecule has 6 heteroatoms. The highest BCUT2D eigenvalue weighted by molar-refractivity contribution is 5.39. The Balaban J connectivity index is 1.42. The molecular weight excluding hydrogens is 300 g/mol. The molecular formula is C18H24N6. The third-order valence-electron chi connectivity index (χ3n) is 4.80. The van der Waals surface area contributed by atoms with Crippen LogP contribution in [0.2, 0.25) is 0 Å². The van der Waals surface area contributed by atoms with Crippen molar-refractivity contribution >= 4 is 5.65 Å². The summed E-state index contributed by atoms with van der Waals surface area (Å²) in [6, 6.07) is 6.13. The van der Waals surface area contributed by atoms with Gasteiger partial charge >= 0.3 is 0 Å². The number of imidazole rings is 1. The van der Waals surface area contributed by atoms with Gasteiger partial charge in [-0.05, 0) is 51.3 Å². The van der Waals surface area contributed by atoms with E-state index in [9.17, 15) is 0 Å². The summed E-state index contributed by atoms with van der Waals surface area (Å²) in [6.45, 7) is 8.14. The smallest absolute Gasteiger partial charge is 0.147 e. The van der Waals surface area contributed by atoms with E-state index in [2.05, 4.69) is 42.5 Å². The third-order valence-corrected chi connectivity index (χ3v) is 4.80. The number of aryl methyl sites for hydroxylation is 2. The molecule has 0 saturated carbocycles. The Kier molecular flexibility index (Phi) is 4.06. The predicted octanol–water partition coefficient (Wildman–Crippen LogP) is 2.45. The monoisotopic (exact) mass is 324 g/mol. The number of rotatable bonds is 4. The van der Waals surface area contributed by atoms with Gasteiger partial charge in [0.1, 0.15) is 17.3 Å².